The van der Waals surface area contributed by atoms with E-state index >= 15 is 0 Å². The van der Waals surface area contributed by atoms with E-state index in [1.54, 1.807) is 16.6 Å². The van der Waals surface area contributed by atoms with Crippen molar-refractivity contribution in [2.24, 2.45) is 0 Å². The summed E-state index contributed by atoms with van der Waals surface area (Å²) in [6.45, 7) is 6.61. The molecule has 3 rings (SSSR count). The summed E-state index contributed by atoms with van der Waals surface area (Å²) in [5.41, 5.74) is 1.16. The Labute approximate surface area is 141 Å². The molecule has 23 heavy (non-hydrogen) atoms. The third kappa shape index (κ3) is 3.47. The Hall–Kier alpha value is -1.28. The van der Waals surface area contributed by atoms with Crippen LogP contribution in [0.2, 0.25) is 0 Å². The molecule has 0 unspecified atom stereocenters. The van der Waals surface area contributed by atoms with Crippen molar-refractivity contribution in [1.82, 2.24) is 14.2 Å². The van der Waals surface area contributed by atoms with Gasteiger partial charge in [-0.05, 0) is 37.6 Å². The van der Waals surface area contributed by atoms with Crippen LogP contribution >= 0.6 is 11.3 Å². The lowest BCUT2D eigenvalue weighted by Gasteiger charge is -2.37. The zero-order chi connectivity index (χ0) is 16.4. The van der Waals surface area contributed by atoms with Crippen LogP contribution in [0.5, 0.6) is 0 Å². The van der Waals surface area contributed by atoms with E-state index in [-0.39, 0.29) is 6.04 Å². The third-order valence-corrected chi connectivity index (χ3v) is 7.66. The van der Waals surface area contributed by atoms with Crippen molar-refractivity contribution in [1.29, 1.82) is 0 Å². The largest absolute Gasteiger partial charge is 0.294 e. The van der Waals surface area contributed by atoms with Crippen LogP contribution < -0.4 is 0 Å². The van der Waals surface area contributed by atoms with Gasteiger partial charge in [-0.15, -0.1) is 11.3 Å². The minimum atomic E-state index is -3.34. The Bertz CT molecular complexity index is 751. The number of sulfonamides is 1. The fourth-order valence-electron chi connectivity index (χ4n) is 2.84. The predicted octanol–water partition coefficient (Wildman–Crippen LogP) is 2.52. The zero-order valence-electron chi connectivity index (χ0n) is 13.3. The lowest BCUT2D eigenvalue weighted by molar-refractivity contribution is 0.146. The van der Waals surface area contributed by atoms with E-state index in [1.807, 2.05) is 25.3 Å². The first-order chi connectivity index (χ1) is 11.0. The fourth-order valence-corrected chi connectivity index (χ4v) is 5.70. The standard InChI is InChI=1S/C16H21N3O2S2/c1-13-5-6-16(22-13)23(20,21)19-10-8-18(9-11-19)14(2)15-4-3-7-17-12-15/h3-7,12,14H,8-11H2,1-2H3/t14-/m0/s1. The van der Waals surface area contributed by atoms with Crippen LogP contribution in [0.3, 0.4) is 0 Å². The second-order valence-electron chi connectivity index (χ2n) is 5.77. The van der Waals surface area contributed by atoms with Crippen molar-refractivity contribution in [3.8, 4) is 0 Å². The van der Waals surface area contributed by atoms with Gasteiger partial charge in [0.1, 0.15) is 4.21 Å². The summed E-state index contributed by atoms with van der Waals surface area (Å²) < 4.78 is 27.4. The molecule has 0 aromatic carbocycles. The highest BCUT2D eigenvalue weighted by Crippen LogP contribution is 2.27. The van der Waals surface area contributed by atoms with Crippen molar-refractivity contribution in [3.63, 3.8) is 0 Å². The predicted molar refractivity (Wildman–Crippen MR) is 92.0 cm³/mol. The molecule has 5 nitrogen and oxygen atoms in total. The molecule has 1 saturated heterocycles. The number of thiophene rings is 1. The minimum absolute atomic E-state index is 0.248. The molecule has 0 N–H and O–H groups in total. The molecule has 7 heteroatoms. The molecular weight excluding hydrogens is 330 g/mol. The van der Waals surface area contributed by atoms with Gasteiger partial charge in [-0.25, -0.2) is 8.42 Å². The molecule has 3 heterocycles. The zero-order valence-corrected chi connectivity index (χ0v) is 15.0. The third-order valence-electron chi connectivity index (χ3n) is 4.30. The van der Waals surface area contributed by atoms with Crippen LogP contribution in [-0.2, 0) is 10.0 Å². The maximum Gasteiger partial charge on any atom is 0.252 e. The highest BCUT2D eigenvalue weighted by atomic mass is 32.2. The summed E-state index contributed by atoms with van der Waals surface area (Å²) in [4.78, 5) is 7.49. The lowest BCUT2D eigenvalue weighted by Crippen LogP contribution is -2.49. The molecule has 0 amide bonds. The molecule has 1 aliphatic rings. The number of aryl methyl sites for hydroxylation is 1. The van der Waals surface area contributed by atoms with Gasteiger partial charge < -0.3 is 0 Å². The van der Waals surface area contributed by atoms with Crippen LogP contribution in [0.25, 0.3) is 0 Å². The van der Waals surface area contributed by atoms with Crippen LogP contribution in [0.4, 0.5) is 0 Å². The number of rotatable bonds is 4. The van der Waals surface area contributed by atoms with E-state index < -0.39 is 10.0 Å². The van der Waals surface area contributed by atoms with Crippen LogP contribution in [-0.4, -0.2) is 48.8 Å². The molecule has 0 bridgehead atoms. The van der Waals surface area contributed by atoms with E-state index in [0.717, 1.165) is 23.5 Å². The van der Waals surface area contributed by atoms with Crippen LogP contribution in [0.15, 0.2) is 40.9 Å². The summed E-state index contributed by atoms with van der Waals surface area (Å²) in [5.74, 6) is 0. The van der Waals surface area contributed by atoms with E-state index in [9.17, 15) is 8.42 Å². The van der Waals surface area contributed by atoms with E-state index in [2.05, 4.69) is 22.9 Å². The summed E-state index contributed by atoms with van der Waals surface area (Å²) in [6.07, 6.45) is 3.64. The smallest absolute Gasteiger partial charge is 0.252 e. The molecule has 0 aliphatic carbocycles. The Morgan fingerprint density at radius 2 is 1.91 bits per heavy atom. The molecular formula is C16H21N3O2S2. The summed E-state index contributed by atoms with van der Waals surface area (Å²) in [6, 6.07) is 7.82. The Morgan fingerprint density at radius 1 is 1.17 bits per heavy atom. The first-order valence-electron chi connectivity index (χ1n) is 7.69. The van der Waals surface area contributed by atoms with Crippen molar-refractivity contribution in [2.75, 3.05) is 26.2 Å². The molecule has 2 aromatic heterocycles. The molecule has 0 radical (unpaired) electrons. The van der Waals surface area contributed by atoms with Crippen molar-refractivity contribution < 1.29 is 8.42 Å². The Balaban J connectivity index is 1.67. The average molecular weight is 351 g/mol. The highest BCUT2D eigenvalue weighted by molar-refractivity contribution is 7.91. The average Bonchev–Trinajstić information content (AvgIpc) is 3.02. The first-order valence-corrected chi connectivity index (χ1v) is 9.95. The lowest BCUT2D eigenvalue weighted by atomic mass is 10.1. The quantitative estimate of drug-likeness (QED) is 0.849. The van der Waals surface area contributed by atoms with Gasteiger partial charge in [-0.2, -0.15) is 4.31 Å². The second-order valence-corrected chi connectivity index (χ2v) is 9.22. The van der Waals surface area contributed by atoms with Gasteiger partial charge in [-0.1, -0.05) is 6.07 Å². The van der Waals surface area contributed by atoms with Crippen LogP contribution in [0.1, 0.15) is 23.4 Å². The summed E-state index contributed by atoms with van der Waals surface area (Å²) in [7, 11) is -3.34. The number of nitrogens with zero attached hydrogens (tertiary/aromatic N) is 3. The van der Waals surface area contributed by atoms with Gasteiger partial charge in [0.25, 0.3) is 10.0 Å². The normalized spacial score (nSPS) is 18.9. The number of aromatic nitrogens is 1. The number of hydrogen-bond donors (Lipinski definition) is 0. The van der Waals surface area contributed by atoms with Gasteiger partial charge >= 0.3 is 0 Å². The summed E-state index contributed by atoms with van der Waals surface area (Å²) in [5, 5.41) is 0. The summed E-state index contributed by atoms with van der Waals surface area (Å²) >= 11 is 1.34. The molecule has 0 saturated carbocycles. The minimum Gasteiger partial charge on any atom is -0.294 e. The number of piperazine rings is 1. The maximum absolute atomic E-state index is 12.7. The number of pyridine rings is 1. The van der Waals surface area contributed by atoms with Crippen molar-refractivity contribution in [2.45, 2.75) is 24.1 Å². The van der Waals surface area contributed by atoms with Gasteiger partial charge in [0.2, 0.25) is 0 Å². The van der Waals surface area contributed by atoms with E-state index in [4.69, 9.17) is 0 Å². The van der Waals surface area contributed by atoms with Gasteiger partial charge in [-0.3, -0.25) is 9.88 Å². The molecule has 0 spiro atoms. The Kier molecular flexibility index (Phi) is 4.82. The molecule has 124 valence electrons. The van der Waals surface area contributed by atoms with Gasteiger partial charge in [0.05, 0.1) is 0 Å². The van der Waals surface area contributed by atoms with Crippen molar-refractivity contribution >= 4 is 21.4 Å². The maximum atomic E-state index is 12.7. The SMILES string of the molecule is Cc1ccc(S(=O)(=O)N2CCN([C@@H](C)c3cccnc3)CC2)s1. The molecule has 2 aromatic rings. The fraction of sp³-hybridized carbons (Fsp3) is 0.438. The van der Waals surface area contributed by atoms with E-state index in [0.29, 0.717) is 17.3 Å². The van der Waals surface area contributed by atoms with Crippen LogP contribution in [0, 0.1) is 6.92 Å². The van der Waals surface area contributed by atoms with Gasteiger partial charge in [0.15, 0.2) is 0 Å². The monoisotopic (exact) mass is 351 g/mol. The number of hydrogen-bond acceptors (Lipinski definition) is 5. The van der Waals surface area contributed by atoms with Crippen molar-refractivity contribution in [3.05, 3.63) is 47.1 Å². The first kappa shape index (κ1) is 16.6. The molecule has 1 fully saturated rings. The Morgan fingerprint density at radius 3 is 2.48 bits per heavy atom. The van der Waals surface area contributed by atoms with Gasteiger partial charge in [0, 0.05) is 49.5 Å². The molecule has 1 atom stereocenters. The second kappa shape index (κ2) is 6.68. The van der Waals surface area contributed by atoms with E-state index in [1.165, 1.54) is 11.3 Å². The topological polar surface area (TPSA) is 53.5 Å². The highest BCUT2D eigenvalue weighted by Gasteiger charge is 2.31. The molecule has 1 aliphatic heterocycles.